The summed E-state index contributed by atoms with van der Waals surface area (Å²) in [6, 6.07) is 3.41. The van der Waals surface area contributed by atoms with Gasteiger partial charge in [0.2, 0.25) is 5.91 Å². The van der Waals surface area contributed by atoms with Gasteiger partial charge < -0.3 is 10.4 Å². The number of phenolic OH excluding ortho intramolecular Hbond substituents is 1. The molecule has 0 radical (unpaired) electrons. The highest BCUT2D eigenvalue weighted by molar-refractivity contribution is 5.81. The lowest BCUT2D eigenvalue weighted by atomic mass is 9.95. The van der Waals surface area contributed by atoms with Gasteiger partial charge in [-0.15, -0.1) is 0 Å². The number of carbonyl (C=O) groups is 1. The first kappa shape index (κ1) is 14.2. The number of hydrogen-bond donors (Lipinski definition) is 2. The number of nitrogens with zero attached hydrogens (tertiary/aromatic N) is 2. The van der Waals surface area contributed by atoms with Crippen LogP contribution in [0.25, 0.3) is 11.0 Å². The fourth-order valence-electron chi connectivity index (χ4n) is 1.82. The van der Waals surface area contributed by atoms with E-state index in [0.29, 0.717) is 18.5 Å². The summed E-state index contributed by atoms with van der Waals surface area (Å²) in [7, 11) is 0. The fraction of sp³-hybridized carbons (Fsp3) is 0.400. The normalized spacial score (nSPS) is 11.6. The average Bonchev–Trinajstić information content (AvgIpc) is 2.38. The van der Waals surface area contributed by atoms with E-state index in [2.05, 4.69) is 15.3 Å². The molecule has 1 amide bonds. The summed E-state index contributed by atoms with van der Waals surface area (Å²) in [6.45, 7) is 6.08. The number of fused-ring (bicyclic) bond motifs is 1. The van der Waals surface area contributed by atoms with Crippen LogP contribution in [0.4, 0.5) is 0 Å². The number of benzene rings is 1. The highest BCUT2D eigenvalue weighted by atomic mass is 16.3. The lowest BCUT2D eigenvalue weighted by molar-refractivity contribution is -0.128. The Morgan fingerprint density at radius 3 is 2.40 bits per heavy atom. The maximum absolute atomic E-state index is 11.8. The van der Waals surface area contributed by atoms with Crippen LogP contribution in [0, 0.1) is 5.41 Å². The van der Waals surface area contributed by atoms with E-state index in [1.807, 2.05) is 20.8 Å². The molecule has 0 fully saturated rings. The van der Waals surface area contributed by atoms with Crippen molar-refractivity contribution in [2.24, 2.45) is 5.41 Å². The fourth-order valence-corrected chi connectivity index (χ4v) is 1.82. The summed E-state index contributed by atoms with van der Waals surface area (Å²) >= 11 is 0. The highest BCUT2D eigenvalue weighted by Crippen LogP contribution is 2.22. The van der Waals surface area contributed by atoms with Crippen LogP contribution in [-0.2, 0) is 11.2 Å². The maximum atomic E-state index is 11.8. The molecule has 2 aromatic rings. The first-order valence-corrected chi connectivity index (χ1v) is 6.59. The average molecular weight is 273 g/mol. The SMILES string of the molecule is CC(C)(C)C(=O)NCCc1cc2nccnc2cc1O. The van der Waals surface area contributed by atoms with E-state index in [1.54, 1.807) is 24.5 Å². The molecule has 0 saturated carbocycles. The van der Waals surface area contributed by atoms with Gasteiger partial charge >= 0.3 is 0 Å². The number of phenols is 1. The Labute approximate surface area is 118 Å². The van der Waals surface area contributed by atoms with Crippen molar-refractivity contribution in [3.05, 3.63) is 30.1 Å². The monoisotopic (exact) mass is 273 g/mol. The van der Waals surface area contributed by atoms with Crippen LogP contribution < -0.4 is 5.32 Å². The van der Waals surface area contributed by atoms with Gasteiger partial charge in [0.05, 0.1) is 11.0 Å². The number of rotatable bonds is 3. The van der Waals surface area contributed by atoms with Crippen LogP contribution >= 0.6 is 0 Å². The second-order valence-electron chi connectivity index (χ2n) is 5.78. The molecule has 0 spiro atoms. The maximum Gasteiger partial charge on any atom is 0.225 e. The minimum absolute atomic E-state index is 0.00225. The molecule has 5 nitrogen and oxygen atoms in total. The quantitative estimate of drug-likeness (QED) is 0.897. The van der Waals surface area contributed by atoms with Crippen molar-refractivity contribution in [3.63, 3.8) is 0 Å². The summed E-state index contributed by atoms with van der Waals surface area (Å²) in [5, 5.41) is 12.8. The van der Waals surface area contributed by atoms with Crippen molar-refractivity contribution >= 4 is 16.9 Å². The van der Waals surface area contributed by atoms with Crippen molar-refractivity contribution in [2.45, 2.75) is 27.2 Å². The molecule has 0 saturated heterocycles. The van der Waals surface area contributed by atoms with E-state index < -0.39 is 5.41 Å². The molecule has 0 bridgehead atoms. The molecule has 0 unspecified atom stereocenters. The molecule has 1 aromatic heterocycles. The Kier molecular flexibility index (Phi) is 3.88. The number of aromatic hydroxyl groups is 1. The molecule has 106 valence electrons. The molecular weight excluding hydrogens is 254 g/mol. The molecule has 1 heterocycles. The lowest BCUT2D eigenvalue weighted by Crippen LogP contribution is -2.35. The third-order valence-electron chi connectivity index (χ3n) is 3.03. The standard InChI is InChI=1S/C15H19N3O2/c1-15(2,3)14(20)18-5-4-10-8-11-12(9-13(10)19)17-7-6-16-11/h6-9,19H,4-5H2,1-3H3,(H,18,20). The second-order valence-corrected chi connectivity index (χ2v) is 5.78. The van der Waals surface area contributed by atoms with Gasteiger partial charge in [0, 0.05) is 30.4 Å². The van der Waals surface area contributed by atoms with Gasteiger partial charge in [-0.1, -0.05) is 20.8 Å². The van der Waals surface area contributed by atoms with Crippen LogP contribution in [0.2, 0.25) is 0 Å². The van der Waals surface area contributed by atoms with Gasteiger partial charge in [0.15, 0.2) is 0 Å². The molecule has 2 rings (SSSR count). The summed E-state index contributed by atoms with van der Waals surface area (Å²) in [4.78, 5) is 20.1. The molecule has 5 heteroatoms. The van der Waals surface area contributed by atoms with Gasteiger partial charge in [-0.05, 0) is 18.1 Å². The van der Waals surface area contributed by atoms with E-state index in [0.717, 1.165) is 11.1 Å². The number of hydrogen-bond acceptors (Lipinski definition) is 4. The number of nitrogens with one attached hydrogen (secondary N) is 1. The summed E-state index contributed by atoms with van der Waals surface area (Å²) in [5.74, 6) is 0.181. The number of amides is 1. The number of aromatic nitrogens is 2. The van der Waals surface area contributed by atoms with Gasteiger partial charge in [0.1, 0.15) is 5.75 Å². The molecule has 0 atom stereocenters. The minimum atomic E-state index is -0.406. The zero-order chi connectivity index (χ0) is 14.8. The molecule has 0 aliphatic carbocycles. The van der Waals surface area contributed by atoms with Gasteiger partial charge in [-0.25, -0.2) is 0 Å². The highest BCUT2D eigenvalue weighted by Gasteiger charge is 2.20. The Bertz CT molecular complexity index is 633. The van der Waals surface area contributed by atoms with E-state index >= 15 is 0 Å². The molecule has 2 N–H and O–H groups in total. The third kappa shape index (κ3) is 3.23. The van der Waals surface area contributed by atoms with Crippen molar-refractivity contribution in [1.29, 1.82) is 0 Å². The molecule has 20 heavy (non-hydrogen) atoms. The Balaban J connectivity index is 2.07. The molecular formula is C15H19N3O2. The van der Waals surface area contributed by atoms with Crippen LogP contribution in [0.5, 0.6) is 5.75 Å². The van der Waals surface area contributed by atoms with Crippen molar-refractivity contribution < 1.29 is 9.90 Å². The largest absolute Gasteiger partial charge is 0.508 e. The third-order valence-corrected chi connectivity index (χ3v) is 3.03. The summed E-state index contributed by atoms with van der Waals surface area (Å²) in [5.41, 5.74) is 1.75. The number of carbonyl (C=O) groups excluding carboxylic acids is 1. The summed E-state index contributed by atoms with van der Waals surface area (Å²) in [6.07, 6.45) is 3.76. The van der Waals surface area contributed by atoms with E-state index in [9.17, 15) is 9.90 Å². The Hall–Kier alpha value is -2.17. The topological polar surface area (TPSA) is 75.1 Å². The van der Waals surface area contributed by atoms with Crippen LogP contribution in [0.15, 0.2) is 24.5 Å². The predicted molar refractivity (Wildman–Crippen MR) is 77.4 cm³/mol. The Morgan fingerprint density at radius 2 is 1.80 bits per heavy atom. The van der Waals surface area contributed by atoms with Crippen LogP contribution in [0.1, 0.15) is 26.3 Å². The zero-order valence-electron chi connectivity index (χ0n) is 12.0. The Morgan fingerprint density at radius 1 is 1.20 bits per heavy atom. The van der Waals surface area contributed by atoms with E-state index in [-0.39, 0.29) is 11.7 Å². The molecule has 0 aliphatic rings. The lowest BCUT2D eigenvalue weighted by Gasteiger charge is -2.17. The zero-order valence-corrected chi connectivity index (χ0v) is 12.0. The first-order chi connectivity index (χ1) is 9.38. The molecule has 0 aliphatic heterocycles. The molecule has 1 aromatic carbocycles. The predicted octanol–water partition coefficient (Wildman–Crippen LogP) is 2.04. The van der Waals surface area contributed by atoms with Gasteiger partial charge in [-0.3, -0.25) is 14.8 Å². The van der Waals surface area contributed by atoms with Crippen molar-refractivity contribution in [2.75, 3.05) is 6.54 Å². The van der Waals surface area contributed by atoms with Crippen molar-refractivity contribution in [3.8, 4) is 5.75 Å². The van der Waals surface area contributed by atoms with Gasteiger partial charge in [0.25, 0.3) is 0 Å². The van der Waals surface area contributed by atoms with Gasteiger partial charge in [-0.2, -0.15) is 0 Å². The smallest absolute Gasteiger partial charge is 0.225 e. The van der Waals surface area contributed by atoms with E-state index in [1.165, 1.54) is 0 Å². The first-order valence-electron chi connectivity index (χ1n) is 6.59. The van der Waals surface area contributed by atoms with Crippen LogP contribution in [-0.4, -0.2) is 27.5 Å². The van der Waals surface area contributed by atoms with E-state index in [4.69, 9.17) is 0 Å². The van der Waals surface area contributed by atoms with Crippen molar-refractivity contribution in [1.82, 2.24) is 15.3 Å². The van der Waals surface area contributed by atoms with Crippen LogP contribution in [0.3, 0.4) is 0 Å². The second kappa shape index (κ2) is 5.45. The summed E-state index contributed by atoms with van der Waals surface area (Å²) < 4.78 is 0. The minimum Gasteiger partial charge on any atom is -0.508 e.